The monoisotopic (exact) mass is 249 g/mol. The van der Waals surface area contributed by atoms with Gasteiger partial charge in [0.1, 0.15) is 0 Å². The molecule has 0 radical (unpaired) electrons. The third-order valence-corrected chi connectivity index (χ3v) is 3.88. The second kappa shape index (κ2) is 6.45. The molecule has 1 aliphatic rings. The molecule has 0 amide bonds. The largest absolute Gasteiger partial charge is 0.481 e. The number of halogens is 1. The summed E-state index contributed by atoms with van der Waals surface area (Å²) >= 11 is 0. The number of rotatable bonds is 4. The number of carbonyl (C=O) groups is 1. The summed E-state index contributed by atoms with van der Waals surface area (Å²) in [5.41, 5.74) is 5.66. The van der Waals surface area contributed by atoms with Crippen LogP contribution >= 0.6 is 12.4 Å². The molecule has 0 heterocycles. The molecule has 2 atom stereocenters. The van der Waals surface area contributed by atoms with Crippen LogP contribution in [0, 0.1) is 17.3 Å². The molecule has 1 aliphatic carbocycles. The molecule has 0 aromatic rings. The van der Waals surface area contributed by atoms with Gasteiger partial charge in [-0.3, -0.25) is 4.79 Å². The van der Waals surface area contributed by atoms with E-state index in [0.29, 0.717) is 18.4 Å². The fraction of sp³-hybridized carbons (Fsp3) is 0.917. The van der Waals surface area contributed by atoms with Crippen molar-refractivity contribution in [1.29, 1.82) is 0 Å². The fourth-order valence-corrected chi connectivity index (χ4v) is 2.81. The number of hydrogen-bond acceptors (Lipinski definition) is 2. The Bertz CT molecular complexity index is 233. The van der Waals surface area contributed by atoms with Crippen molar-refractivity contribution in [2.45, 2.75) is 46.0 Å². The third kappa shape index (κ3) is 3.95. The van der Waals surface area contributed by atoms with Gasteiger partial charge >= 0.3 is 5.97 Å². The summed E-state index contributed by atoms with van der Waals surface area (Å²) in [5.74, 6) is 0.594. The van der Waals surface area contributed by atoms with Crippen molar-refractivity contribution in [1.82, 2.24) is 0 Å². The Morgan fingerprint density at radius 1 is 1.56 bits per heavy atom. The van der Waals surface area contributed by atoms with Crippen molar-refractivity contribution in [3.8, 4) is 0 Å². The maximum Gasteiger partial charge on any atom is 0.303 e. The van der Waals surface area contributed by atoms with Crippen LogP contribution in [0.1, 0.15) is 46.0 Å². The summed E-state index contributed by atoms with van der Waals surface area (Å²) in [6, 6.07) is 0. The van der Waals surface area contributed by atoms with Crippen LogP contribution in [0.3, 0.4) is 0 Å². The molecule has 16 heavy (non-hydrogen) atoms. The van der Waals surface area contributed by atoms with E-state index in [4.69, 9.17) is 10.8 Å². The number of carboxylic acids is 1. The molecule has 0 bridgehead atoms. The van der Waals surface area contributed by atoms with E-state index < -0.39 is 5.97 Å². The first-order chi connectivity index (χ1) is 6.99. The molecule has 0 saturated heterocycles. The van der Waals surface area contributed by atoms with Gasteiger partial charge in [-0.05, 0) is 36.6 Å². The first kappa shape index (κ1) is 15.7. The maximum absolute atomic E-state index is 10.9. The van der Waals surface area contributed by atoms with Crippen LogP contribution in [0.2, 0.25) is 0 Å². The smallest absolute Gasteiger partial charge is 0.303 e. The van der Waals surface area contributed by atoms with Gasteiger partial charge in [-0.25, -0.2) is 0 Å². The van der Waals surface area contributed by atoms with E-state index in [1.54, 1.807) is 0 Å². The van der Waals surface area contributed by atoms with Gasteiger partial charge in [0.25, 0.3) is 0 Å². The van der Waals surface area contributed by atoms with E-state index in [9.17, 15) is 4.79 Å². The van der Waals surface area contributed by atoms with Crippen molar-refractivity contribution in [3.05, 3.63) is 0 Å². The van der Waals surface area contributed by atoms with Gasteiger partial charge in [-0.15, -0.1) is 12.4 Å². The fourth-order valence-electron chi connectivity index (χ4n) is 2.81. The zero-order valence-corrected chi connectivity index (χ0v) is 11.1. The summed E-state index contributed by atoms with van der Waals surface area (Å²) in [6.07, 6.45) is 4.59. The molecule has 2 unspecified atom stereocenters. The highest BCUT2D eigenvalue weighted by atomic mass is 35.5. The van der Waals surface area contributed by atoms with Gasteiger partial charge in [-0.2, -0.15) is 0 Å². The molecule has 4 heteroatoms. The predicted octanol–water partition coefficient (Wildman–Crippen LogP) is 2.67. The van der Waals surface area contributed by atoms with Gasteiger partial charge in [0.05, 0.1) is 6.42 Å². The summed E-state index contributed by atoms with van der Waals surface area (Å²) in [6.45, 7) is 4.96. The summed E-state index contributed by atoms with van der Waals surface area (Å²) in [7, 11) is 0. The number of hydrogen-bond donors (Lipinski definition) is 2. The SMILES string of the molecule is CC(C)C1CCCC(CN)(CC(=O)O)C1.Cl. The zero-order valence-electron chi connectivity index (χ0n) is 10.2. The molecule has 1 saturated carbocycles. The molecule has 1 rings (SSSR count). The minimum Gasteiger partial charge on any atom is -0.481 e. The van der Waals surface area contributed by atoms with Crippen LogP contribution < -0.4 is 5.73 Å². The van der Waals surface area contributed by atoms with Crippen molar-refractivity contribution in [3.63, 3.8) is 0 Å². The van der Waals surface area contributed by atoms with E-state index in [1.165, 1.54) is 6.42 Å². The van der Waals surface area contributed by atoms with Crippen LogP contribution in [0.15, 0.2) is 0 Å². The number of aliphatic carboxylic acids is 1. The molecule has 0 aromatic carbocycles. The number of carboxylic acid groups (broad SMARTS) is 1. The van der Waals surface area contributed by atoms with Gasteiger partial charge in [0.15, 0.2) is 0 Å². The normalized spacial score (nSPS) is 29.9. The highest BCUT2D eigenvalue weighted by Crippen LogP contribution is 2.43. The Morgan fingerprint density at radius 3 is 2.62 bits per heavy atom. The standard InChI is InChI=1S/C12H23NO2.ClH/c1-9(2)10-4-3-5-12(6-10,8-13)7-11(14)15;/h9-10H,3-8,13H2,1-2H3,(H,14,15);1H. The van der Waals surface area contributed by atoms with Gasteiger partial charge in [-0.1, -0.05) is 26.7 Å². The molecule has 1 fully saturated rings. The summed E-state index contributed by atoms with van der Waals surface area (Å²) in [4.78, 5) is 10.9. The van der Waals surface area contributed by atoms with E-state index in [2.05, 4.69) is 13.8 Å². The van der Waals surface area contributed by atoms with Crippen LogP contribution in [-0.4, -0.2) is 17.6 Å². The Hall–Kier alpha value is -0.280. The lowest BCUT2D eigenvalue weighted by Crippen LogP contribution is -2.38. The van der Waals surface area contributed by atoms with Crippen molar-refractivity contribution in [2.24, 2.45) is 23.0 Å². The van der Waals surface area contributed by atoms with Gasteiger partial charge in [0, 0.05) is 0 Å². The second-order valence-corrected chi connectivity index (χ2v) is 5.38. The van der Waals surface area contributed by atoms with Crippen LogP contribution in [0.25, 0.3) is 0 Å². The Morgan fingerprint density at radius 2 is 2.19 bits per heavy atom. The van der Waals surface area contributed by atoms with E-state index in [-0.39, 0.29) is 24.2 Å². The van der Waals surface area contributed by atoms with Gasteiger partial charge < -0.3 is 10.8 Å². The average molecular weight is 250 g/mol. The van der Waals surface area contributed by atoms with E-state index in [1.807, 2.05) is 0 Å². The number of nitrogens with two attached hydrogens (primary N) is 1. The van der Waals surface area contributed by atoms with Crippen molar-refractivity contribution < 1.29 is 9.90 Å². The third-order valence-electron chi connectivity index (χ3n) is 3.88. The minimum atomic E-state index is -0.704. The van der Waals surface area contributed by atoms with Crippen LogP contribution in [0.4, 0.5) is 0 Å². The quantitative estimate of drug-likeness (QED) is 0.805. The molecule has 0 aromatic heterocycles. The minimum absolute atomic E-state index is 0. The first-order valence-electron chi connectivity index (χ1n) is 5.91. The lowest BCUT2D eigenvalue weighted by atomic mass is 9.65. The maximum atomic E-state index is 10.9. The van der Waals surface area contributed by atoms with Crippen LogP contribution in [-0.2, 0) is 4.79 Å². The zero-order chi connectivity index (χ0) is 11.5. The lowest BCUT2D eigenvalue weighted by molar-refractivity contribution is -0.140. The molecular formula is C12H24ClNO2. The van der Waals surface area contributed by atoms with Gasteiger partial charge in [0.2, 0.25) is 0 Å². The molecule has 0 aliphatic heterocycles. The highest BCUT2D eigenvalue weighted by molar-refractivity contribution is 5.85. The summed E-state index contributed by atoms with van der Waals surface area (Å²) in [5, 5.41) is 8.93. The topological polar surface area (TPSA) is 63.3 Å². The molecular weight excluding hydrogens is 226 g/mol. The second-order valence-electron chi connectivity index (χ2n) is 5.38. The van der Waals surface area contributed by atoms with Crippen molar-refractivity contribution >= 4 is 18.4 Å². The van der Waals surface area contributed by atoms with Crippen LogP contribution in [0.5, 0.6) is 0 Å². The van der Waals surface area contributed by atoms with E-state index >= 15 is 0 Å². The molecule has 3 N–H and O–H groups in total. The average Bonchev–Trinajstić information content (AvgIpc) is 2.17. The first-order valence-corrected chi connectivity index (χ1v) is 5.91. The van der Waals surface area contributed by atoms with E-state index in [0.717, 1.165) is 19.3 Å². The molecule has 96 valence electrons. The summed E-state index contributed by atoms with van der Waals surface area (Å²) < 4.78 is 0. The molecule has 0 spiro atoms. The Balaban J connectivity index is 0.00000225. The Labute approximate surface area is 104 Å². The Kier molecular flexibility index (Phi) is 6.34. The predicted molar refractivity (Wildman–Crippen MR) is 67.8 cm³/mol. The highest BCUT2D eigenvalue weighted by Gasteiger charge is 2.37. The lowest BCUT2D eigenvalue weighted by Gasteiger charge is -2.40. The van der Waals surface area contributed by atoms with Crippen molar-refractivity contribution in [2.75, 3.05) is 6.54 Å². The molecule has 3 nitrogen and oxygen atoms in total.